The van der Waals surface area contributed by atoms with Gasteiger partial charge in [-0.15, -0.1) is 0 Å². The fraction of sp³-hybridized carbons (Fsp3) is 0.0164. The van der Waals surface area contributed by atoms with Crippen LogP contribution in [0.5, 0.6) is 0 Å². The Labute approximate surface area is 486 Å². The normalized spacial score (nSPS) is 11.1. The van der Waals surface area contributed by atoms with Crippen molar-refractivity contribution in [1.82, 2.24) is 9.13 Å². The van der Waals surface area contributed by atoms with E-state index in [4.69, 9.17) is 18.9 Å². The van der Waals surface area contributed by atoms with E-state index in [1.54, 1.807) is 12.1 Å². The molecule has 76 heavy (non-hydrogen) atoms. The Hall–Kier alpha value is -7.70. The number of nitro benzene ring substituents is 2. The van der Waals surface area contributed by atoms with Gasteiger partial charge in [0.2, 0.25) is 0 Å². The Morgan fingerprint density at radius 3 is 1.34 bits per heavy atom. The average molecular weight is 1090 g/mol. The first-order chi connectivity index (χ1) is 36.2. The van der Waals surface area contributed by atoms with Gasteiger partial charge in [-0.05, 0) is 76.6 Å². The Morgan fingerprint density at radius 2 is 0.816 bits per heavy atom. The molecule has 0 saturated heterocycles. The van der Waals surface area contributed by atoms with Crippen molar-refractivity contribution in [3.63, 3.8) is 0 Å². The van der Waals surface area contributed by atoms with Crippen molar-refractivity contribution < 1.29 is 81.5 Å². The molecule has 0 saturated carbocycles. The van der Waals surface area contributed by atoms with Crippen LogP contribution in [0.3, 0.4) is 0 Å². The predicted octanol–water partition coefficient (Wildman–Crippen LogP) is 12.7. The Morgan fingerprint density at radius 1 is 0.421 bits per heavy atom. The van der Waals surface area contributed by atoms with Crippen molar-refractivity contribution in [1.29, 1.82) is 0 Å². The van der Waals surface area contributed by atoms with E-state index in [2.05, 4.69) is 134 Å². The number of nitro groups is 2. The topological polar surface area (TPSA) is 163 Å². The van der Waals surface area contributed by atoms with Crippen LogP contribution in [-0.2, 0) is 0 Å². The molecule has 366 valence electrons. The molecule has 4 aromatic heterocycles. The van der Waals surface area contributed by atoms with Crippen molar-refractivity contribution in [2.24, 2.45) is 0 Å². The molecular formula is C61H43BBrKN4O8. The predicted molar refractivity (Wildman–Crippen MR) is 307 cm³/mol. The van der Waals surface area contributed by atoms with E-state index in [9.17, 15) is 20.2 Å². The molecule has 12 nitrogen and oxygen atoms in total. The minimum atomic E-state index is -1.80. The van der Waals surface area contributed by atoms with Gasteiger partial charge in [-0.25, -0.2) is 0 Å². The molecule has 0 fully saturated rings. The molecule has 15 heteroatoms. The molecule has 4 heterocycles. The Bertz CT molecular complexity index is 4520. The van der Waals surface area contributed by atoms with Crippen LogP contribution in [0, 0.1) is 20.2 Å². The van der Waals surface area contributed by atoms with Crippen LogP contribution in [0.2, 0.25) is 0 Å². The molecule has 0 aliphatic rings. The number of halogens is 1. The summed E-state index contributed by atoms with van der Waals surface area (Å²) in [5.41, 5.74) is 10.7. The third kappa shape index (κ3) is 8.89. The van der Waals surface area contributed by atoms with Crippen molar-refractivity contribution in [3.8, 4) is 22.5 Å². The second-order valence-corrected chi connectivity index (χ2v) is 18.4. The smallest absolute Gasteiger partial charge is 1.00 e. The van der Waals surface area contributed by atoms with Gasteiger partial charge in [0.25, 0.3) is 11.4 Å². The fourth-order valence-electron chi connectivity index (χ4n) is 10.2. The quantitative estimate of drug-likeness (QED) is 0.0944. The number of furan rings is 2. The van der Waals surface area contributed by atoms with Gasteiger partial charge in [-0.1, -0.05) is 153 Å². The van der Waals surface area contributed by atoms with Gasteiger partial charge in [0.05, 0.1) is 47.4 Å². The molecule has 0 amide bonds. The minimum Gasteiger partial charge on any atom is -1.00 e. The van der Waals surface area contributed by atoms with Crippen LogP contribution in [0.1, 0.15) is 8.85 Å². The third-order valence-corrected chi connectivity index (χ3v) is 14.0. The van der Waals surface area contributed by atoms with E-state index in [0.29, 0.717) is 16.7 Å². The van der Waals surface area contributed by atoms with E-state index >= 15 is 0 Å². The number of para-hydroxylation sites is 8. The fourth-order valence-corrected chi connectivity index (χ4v) is 10.7. The zero-order valence-corrected chi connectivity index (χ0v) is 44.6. The van der Waals surface area contributed by atoms with Crippen LogP contribution in [-0.4, -0.2) is 36.1 Å². The molecule has 10 aromatic carbocycles. The second kappa shape index (κ2) is 21.5. The second-order valence-electron chi connectivity index (χ2n) is 17.5. The summed E-state index contributed by atoms with van der Waals surface area (Å²) in [4.78, 5) is 21.1. The van der Waals surface area contributed by atoms with E-state index in [1.165, 1.54) is 46.6 Å². The van der Waals surface area contributed by atoms with Crippen molar-refractivity contribution in [2.45, 2.75) is 7.43 Å². The summed E-state index contributed by atoms with van der Waals surface area (Å²) in [6, 6.07) is 70.5. The molecule has 0 unspecified atom stereocenters. The summed E-state index contributed by atoms with van der Waals surface area (Å²) in [5.74, 6) is 0. The summed E-state index contributed by atoms with van der Waals surface area (Å²) in [6.45, 7) is 0. The maximum atomic E-state index is 11.8. The molecule has 0 bridgehead atoms. The molecule has 0 radical (unpaired) electrons. The third-order valence-electron chi connectivity index (χ3n) is 13.4. The molecule has 2 N–H and O–H groups in total. The van der Waals surface area contributed by atoms with Crippen LogP contribution in [0.4, 0.5) is 11.4 Å². The maximum absolute atomic E-state index is 11.8. The standard InChI is InChI=1S/C30H18N2O3.C24H14BrNO.C6H6BNO4.CH4.K.H/c33-32(34)27-16-7-5-12-21(27)23-13-8-14-24-25-18-17-22-20-11-4-6-15-26(20)31(19-9-2-1-3-10-19)28(22)30(25)35-29(23)24;25-20-11-6-10-18-19-14-13-17-16-9-4-5-12-21(16)26(15-7-2-1-3-8-15)22(17)24(19)27-23(18)20;9-7(10)5-3-1-2-4-6(5)8(11)12;;;/h1-18H;1-14H;1-4,9-10H;1H4;;/q;;;;+1;-1. The number of benzene rings is 10. The summed E-state index contributed by atoms with van der Waals surface area (Å²) in [7, 11) is -1.80. The molecule has 0 aliphatic carbocycles. The van der Waals surface area contributed by atoms with Gasteiger partial charge >= 0.3 is 58.5 Å². The van der Waals surface area contributed by atoms with E-state index < -0.39 is 12.0 Å². The van der Waals surface area contributed by atoms with E-state index in [0.717, 1.165) is 81.5 Å². The first-order valence-electron chi connectivity index (χ1n) is 23.5. The summed E-state index contributed by atoms with van der Waals surface area (Å²) >= 11 is 3.64. The van der Waals surface area contributed by atoms with Crippen LogP contribution in [0.25, 0.3) is 110 Å². The van der Waals surface area contributed by atoms with Gasteiger partial charge in [0, 0.05) is 72.2 Å². The molecular weight excluding hydrogens is 1050 g/mol. The van der Waals surface area contributed by atoms with Crippen molar-refractivity contribution in [2.75, 3.05) is 0 Å². The zero-order chi connectivity index (χ0) is 50.6. The summed E-state index contributed by atoms with van der Waals surface area (Å²) < 4.78 is 18.6. The van der Waals surface area contributed by atoms with Crippen molar-refractivity contribution >= 4 is 127 Å². The molecule has 14 aromatic rings. The summed E-state index contributed by atoms with van der Waals surface area (Å²) in [5, 5.41) is 48.3. The van der Waals surface area contributed by atoms with Gasteiger partial charge in [0.15, 0.2) is 11.2 Å². The molecule has 0 aliphatic heterocycles. The van der Waals surface area contributed by atoms with Gasteiger partial charge < -0.3 is 29.4 Å². The van der Waals surface area contributed by atoms with Gasteiger partial charge in [-0.2, -0.15) is 0 Å². The summed E-state index contributed by atoms with van der Waals surface area (Å²) in [6.07, 6.45) is 0. The minimum absolute atomic E-state index is 0. The first kappa shape index (κ1) is 51.8. The van der Waals surface area contributed by atoms with E-state index in [-0.39, 0.29) is 82.0 Å². The Kier molecular flexibility index (Phi) is 14.6. The van der Waals surface area contributed by atoms with Crippen molar-refractivity contribution in [3.05, 3.63) is 243 Å². The maximum Gasteiger partial charge on any atom is 1.00 e. The number of nitrogens with zero attached hydrogens (tertiary/aromatic N) is 4. The monoisotopic (exact) mass is 1090 g/mol. The number of hydrogen-bond donors (Lipinski definition) is 2. The molecule has 14 rings (SSSR count). The number of fused-ring (bicyclic) bond motifs is 14. The van der Waals surface area contributed by atoms with E-state index in [1.807, 2.05) is 66.7 Å². The number of hydrogen-bond acceptors (Lipinski definition) is 8. The average Bonchev–Trinajstić information content (AvgIpc) is 4.20. The number of rotatable bonds is 6. The van der Waals surface area contributed by atoms with Crippen LogP contribution < -0.4 is 56.8 Å². The Balaban J connectivity index is 0.000000153. The molecule has 0 atom stereocenters. The zero-order valence-electron chi connectivity index (χ0n) is 40.9. The van der Waals surface area contributed by atoms with Crippen LogP contribution >= 0.6 is 15.9 Å². The van der Waals surface area contributed by atoms with Crippen LogP contribution in [0.15, 0.2) is 232 Å². The number of aromatic nitrogens is 2. The first-order valence-corrected chi connectivity index (χ1v) is 24.3. The largest absolute Gasteiger partial charge is 1.00 e. The molecule has 0 spiro atoms. The van der Waals surface area contributed by atoms with Gasteiger partial charge in [0.1, 0.15) is 11.2 Å². The SMILES string of the molecule is Brc1cccc2c1oc1c2ccc2c3ccccc3n(-c3ccccc3)c21.C.O=[N+]([O-])c1ccccc1-c1cccc2c1oc1c2ccc2c3ccccc3n(-c3ccccc3)c21.O=[N+]([O-])c1ccccc1B(O)O.[H-].[K+]. The van der Waals surface area contributed by atoms with Gasteiger partial charge in [-0.3, -0.25) is 20.2 Å².